The van der Waals surface area contributed by atoms with E-state index in [0.29, 0.717) is 10.7 Å². The second-order valence-corrected chi connectivity index (χ2v) is 4.61. The molecule has 0 heterocycles. The third-order valence-electron chi connectivity index (χ3n) is 2.55. The van der Waals surface area contributed by atoms with Gasteiger partial charge in [-0.15, -0.1) is 0 Å². The van der Waals surface area contributed by atoms with Crippen LogP contribution in [0.2, 0.25) is 10.0 Å². The summed E-state index contributed by atoms with van der Waals surface area (Å²) in [4.78, 5) is 0. The zero-order valence-electron chi connectivity index (χ0n) is 9.30. The van der Waals surface area contributed by atoms with Gasteiger partial charge < -0.3 is 11.1 Å². The Morgan fingerprint density at radius 2 is 1.82 bits per heavy atom. The predicted octanol–water partition coefficient (Wildman–Crippen LogP) is 4.63. The number of benzene rings is 2. The highest BCUT2D eigenvalue weighted by atomic mass is 35.5. The van der Waals surface area contributed by atoms with Crippen molar-refractivity contribution in [3.05, 3.63) is 52.0 Å². The molecular weight excluding hydrogens is 255 g/mol. The third-order valence-corrected chi connectivity index (χ3v) is 3.20. The fourth-order valence-corrected chi connectivity index (χ4v) is 1.89. The molecular formula is C13H12Cl2N2. The minimum Gasteiger partial charge on any atom is -0.397 e. The van der Waals surface area contributed by atoms with Gasteiger partial charge in [0.15, 0.2) is 0 Å². The molecule has 0 atom stereocenters. The van der Waals surface area contributed by atoms with Gasteiger partial charge in [-0.2, -0.15) is 0 Å². The summed E-state index contributed by atoms with van der Waals surface area (Å²) in [7, 11) is 0. The molecule has 0 aliphatic carbocycles. The minimum atomic E-state index is 0.608. The lowest BCUT2D eigenvalue weighted by molar-refractivity contribution is 1.43. The van der Waals surface area contributed by atoms with Crippen LogP contribution in [-0.4, -0.2) is 0 Å². The van der Waals surface area contributed by atoms with Crippen LogP contribution in [0.5, 0.6) is 0 Å². The summed E-state index contributed by atoms with van der Waals surface area (Å²) in [5.74, 6) is 0. The van der Waals surface area contributed by atoms with E-state index in [1.165, 1.54) is 0 Å². The summed E-state index contributed by atoms with van der Waals surface area (Å²) in [6.45, 7) is 1.96. The van der Waals surface area contributed by atoms with Crippen LogP contribution >= 0.6 is 23.2 Å². The molecule has 0 amide bonds. The Hall–Kier alpha value is -1.38. The summed E-state index contributed by atoms with van der Waals surface area (Å²) < 4.78 is 0. The molecule has 2 rings (SSSR count). The van der Waals surface area contributed by atoms with Crippen LogP contribution < -0.4 is 11.1 Å². The average Bonchev–Trinajstić information content (AvgIpc) is 2.28. The Morgan fingerprint density at radius 3 is 2.53 bits per heavy atom. The van der Waals surface area contributed by atoms with Crippen LogP contribution in [-0.2, 0) is 0 Å². The maximum absolute atomic E-state index is 6.05. The van der Waals surface area contributed by atoms with Gasteiger partial charge in [0.2, 0.25) is 0 Å². The maximum atomic E-state index is 6.05. The molecule has 2 aromatic carbocycles. The molecule has 0 fully saturated rings. The van der Waals surface area contributed by atoms with Crippen LogP contribution in [0.3, 0.4) is 0 Å². The number of rotatable bonds is 2. The smallest absolute Gasteiger partial charge is 0.0619 e. The first-order valence-corrected chi connectivity index (χ1v) is 5.90. The van der Waals surface area contributed by atoms with Crippen LogP contribution in [0.1, 0.15) is 5.56 Å². The highest BCUT2D eigenvalue weighted by molar-refractivity contribution is 6.32. The van der Waals surface area contributed by atoms with Crippen LogP contribution in [0, 0.1) is 6.92 Å². The molecule has 0 aliphatic rings. The van der Waals surface area contributed by atoms with Gasteiger partial charge >= 0.3 is 0 Å². The van der Waals surface area contributed by atoms with E-state index in [1.54, 1.807) is 12.1 Å². The highest BCUT2D eigenvalue weighted by Crippen LogP contribution is 2.30. The van der Waals surface area contributed by atoms with E-state index in [4.69, 9.17) is 28.9 Å². The standard InChI is InChI=1S/C13H12Cl2N2/c1-8-10(15)3-2-4-12(8)17-13-6-5-9(14)7-11(13)16/h2-7,17H,16H2,1H3. The molecule has 17 heavy (non-hydrogen) atoms. The van der Waals surface area contributed by atoms with Crippen molar-refractivity contribution in [1.29, 1.82) is 0 Å². The van der Waals surface area contributed by atoms with Crippen LogP contribution in [0.15, 0.2) is 36.4 Å². The van der Waals surface area contributed by atoms with E-state index >= 15 is 0 Å². The second kappa shape index (κ2) is 4.86. The maximum Gasteiger partial charge on any atom is 0.0619 e. The van der Waals surface area contributed by atoms with Crippen molar-refractivity contribution in [3.63, 3.8) is 0 Å². The van der Waals surface area contributed by atoms with Gasteiger partial charge in [-0.25, -0.2) is 0 Å². The van der Waals surface area contributed by atoms with Gasteiger partial charge in [0, 0.05) is 15.7 Å². The largest absolute Gasteiger partial charge is 0.397 e. The SMILES string of the molecule is Cc1c(Cl)cccc1Nc1ccc(Cl)cc1N. The number of hydrogen-bond acceptors (Lipinski definition) is 2. The molecule has 0 saturated heterocycles. The Labute approximate surface area is 110 Å². The van der Waals surface area contributed by atoms with Crippen molar-refractivity contribution in [1.82, 2.24) is 0 Å². The normalized spacial score (nSPS) is 10.3. The molecule has 4 heteroatoms. The summed E-state index contributed by atoms with van der Waals surface area (Å²) in [6.07, 6.45) is 0. The fraction of sp³-hybridized carbons (Fsp3) is 0.0769. The third kappa shape index (κ3) is 2.65. The molecule has 0 saturated carbocycles. The number of nitrogen functional groups attached to an aromatic ring is 1. The zero-order valence-corrected chi connectivity index (χ0v) is 10.8. The van der Waals surface area contributed by atoms with E-state index in [2.05, 4.69) is 5.32 Å². The molecule has 2 aromatic rings. The molecule has 0 aromatic heterocycles. The first kappa shape index (κ1) is 12.1. The molecule has 0 bridgehead atoms. The van der Waals surface area contributed by atoms with Crippen LogP contribution in [0.4, 0.5) is 17.1 Å². The second-order valence-electron chi connectivity index (χ2n) is 3.77. The van der Waals surface area contributed by atoms with Gasteiger partial charge in [-0.05, 0) is 42.8 Å². The summed E-state index contributed by atoms with van der Waals surface area (Å²) >= 11 is 11.9. The number of nitrogens with one attached hydrogen (secondary N) is 1. The van der Waals surface area contributed by atoms with Crippen LogP contribution in [0.25, 0.3) is 0 Å². The first-order chi connectivity index (χ1) is 8.08. The van der Waals surface area contributed by atoms with E-state index in [0.717, 1.165) is 22.0 Å². The van der Waals surface area contributed by atoms with Crippen molar-refractivity contribution >= 4 is 40.3 Å². The summed E-state index contributed by atoms with van der Waals surface area (Å²) in [5, 5.41) is 4.59. The Morgan fingerprint density at radius 1 is 1.06 bits per heavy atom. The lowest BCUT2D eigenvalue weighted by Crippen LogP contribution is -1.97. The van der Waals surface area contributed by atoms with Crippen molar-refractivity contribution in [2.75, 3.05) is 11.1 Å². The van der Waals surface area contributed by atoms with Gasteiger partial charge in [0.1, 0.15) is 0 Å². The first-order valence-electron chi connectivity index (χ1n) is 5.15. The Kier molecular flexibility index (Phi) is 3.46. The van der Waals surface area contributed by atoms with Gasteiger partial charge in [0.25, 0.3) is 0 Å². The van der Waals surface area contributed by atoms with Crippen molar-refractivity contribution in [3.8, 4) is 0 Å². The minimum absolute atomic E-state index is 0.608. The van der Waals surface area contributed by atoms with E-state index in [1.807, 2.05) is 31.2 Å². The van der Waals surface area contributed by atoms with Crippen molar-refractivity contribution < 1.29 is 0 Å². The summed E-state index contributed by atoms with van der Waals surface area (Å²) in [6, 6.07) is 11.0. The van der Waals surface area contributed by atoms with E-state index < -0.39 is 0 Å². The number of halogens is 2. The zero-order chi connectivity index (χ0) is 12.4. The molecule has 0 aliphatic heterocycles. The topological polar surface area (TPSA) is 38.0 Å². The fourth-order valence-electron chi connectivity index (χ4n) is 1.54. The Bertz CT molecular complexity index is 553. The molecule has 0 spiro atoms. The number of hydrogen-bond donors (Lipinski definition) is 2. The molecule has 3 N–H and O–H groups in total. The lowest BCUT2D eigenvalue weighted by Gasteiger charge is -2.12. The molecule has 0 unspecified atom stereocenters. The van der Waals surface area contributed by atoms with Crippen molar-refractivity contribution in [2.45, 2.75) is 6.92 Å². The molecule has 0 radical (unpaired) electrons. The monoisotopic (exact) mass is 266 g/mol. The van der Waals surface area contributed by atoms with E-state index in [-0.39, 0.29) is 0 Å². The molecule has 2 nitrogen and oxygen atoms in total. The number of anilines is 3. The Balaban J connectivity index is 2.35. The highest BCUT2D eigenvalue weighted by Gasteiger charge is 2.04. The van der Waals surface area contributed by atoms with Gasteiger partial charge in [0.05, 0.1) is 11.4 Å². The van der Waals surface area contributed by atoms with Gasteiger partial charge in [-0.1, -0.05) is 29.3 Å². The number of nitrogens with two attached hydrogens (primary N) is 1. The summed E-state index contributed by atoms with van der Waals surface area (Å²) in [5.41, 5.74) is 9.23. The van der Waals surface area contributed by atoms with Gasteiger partial charge in [-0.3, -0.25) is 0 Å². The van der Waals surface area contributed by atoms with Crippen molar-refractivity contribution in [2.24, 2.45) is 0 Å². The molecule has 88 valence electrons. The lowest BCUT2D eigenvalue weighted by atomic mass is 10.2. The predicted molar refractivity (Wildman–Crippen MR) is 75.3 cm³/mol. The van der Waals surface area contributed by atoms with E-state index in [9.17, 15) is 0 Å². The average molecular weight is 267 g/mol. The quantitative estimate of drug-likeness (QED) is 0.778.